The van der Waals surface area contributed by atoms with Crippen LogP contribution < -0.4 is 0 Å². The van der Waals surface area contributed by atoms with Crippen LogP contribution in [0.15, 0.2) is 0 Å². The van der Waals surface area contributed by atoms with Gasteiger partial charge in [-0.05, 0) is 43.4 Å². The van der Waals surface area contributed by atoms with Gasteiger partial charge in [-0.2, -0.15) is 0 Å². The molecule has 3 heteroatoms. The van der Waals surface area contributed by atoms with Crippen LogP contribution in [0.3, 0.4) is 0 Å². The predicted molar refractivity (Wildman–Crippen MR) is 72.2 cm³/mol. The van der Waals surface area contributed by atoms with Crippen molar-refractivity contribution < 1.29 is 9.90 Å². The SMILES string of the molecule is CCC1(CO)CCN(C(=O)CC2CCCC2)CC1. The third-order valence-corrected chi connectivity index (χ3v) is 5.20. The fourth-order valence-electron chi connectivity index (χ4n) is 3.44. The summed E-state index contributed by atoms with van der Waals surface area (Å²) >= 11 is 0. The Morgan fingerprint density at radius 1 is 1.28 bits per heavy atom. The Hall–Kier alpha value is -0.570. The van der Waals surface area contributed by atoms with Gasteiger partial charge in [-0.25, -0.2) is 0 Å². The van der Waals surface area contributed by atoms with Gasteiger partial charge in [0.1, 0.15) is 0 Å². The molecular weight excluding hydrogens is 226 g/mol. The molecule has 0 spiro atoms. The number of rotatable bonds is 4. The number of carbonyl (C=O) groups is 1. The topological polar surface area (TPSA) is 40.5 Å². The molecule has 1 saturated carbocycles. The molecule has 0 atom stereocenters. The van der Waals surface area contributed by atoms with Crippen molar-refractivity contribution in [3.8, 4) is 0 Å². The van der Waals surface area contributed by atoms with E-state index in [0.717, 1.165) is 38.8 Å². The molecule has 0 aromatic heterocycles. The van der Waals surface area contributed by atoms with Crippen molar-refractivity contribution in [2.45, 2.75) is 58.3 Å². The molecule has 0 bridgehead atoms. The number of aliphatic hydroxyl groups is 1. The molecule has 1 N–H and O–H groups in total. The number of hydrogen-bond donors (Lipinski definition) is 1. The highest BCUT2D eigenvalue weighted by Gasteiger charge is 2.34. The summed E-state index contributed by atoms with van der Waals surface area (Å²) in [5.41, 5.74) is 0.0874. The third kappa shape index (κ3) is 3.05. The molecule has 0 aromatic carbocycles. The van der Waals surface area contributed by atoms with E-state index in [4.69, 9.17) is 0 Å². The molecule has 1 heterocycles. The lowest BCUT2D eigenvalue weighted by Gasteiger charge is -2.40. The number of piperidine rings is 1. The molecule has 1 amide bonds. The minimum Gasteiger partial charge on any atom is -0.396 e. The number of likely N-dealkylation sites (tertiary alicyclic amines) is 1. The van der Waals surface area contributed by atoms with E-state index in [9.17, 15) is 9.90 Å². The summed E-state index contributed by atoms with van der Waals surface area (Å²) in [6, 6.07) is 0. The van der Waals surface area contributed by atoms with Gasteiger partial charge in [0, 0.05) is 26.1 Å². The first kappa shape index (κ1) is 13.9. The highest BCUT2D eigenvalue weighted by Crippen LogP contribution is 2.35. The van der Waals surface area contributed by atoms with Crippen molar-refractivity contribution in [2.75, 3.05) is 19.7 Å². The van der Waals surface area contributed by atoms with Gasteiger partial charge in [0.05, 0.1) is 0 Å². The first-order chi connectivity index (χ1) is 8.69. The van der Waals surface area contributed by atoms with Gasteiger partial charge in [-0.15, -0.1) is 0 Å². The van der Waals surface area contributed by atoms with Crippen molar-refractivity contribution in [3.63, 3.8) is 0 Å². The maximum absolute atomic E-state index is 12.2. The monoisotopic (exact) mass is 253 g/mol. The first-order valence-electron chi connectivity index (χ1n) is 7.58. The lowest BCUT2D eigenvalue weighted by atomic mass is 9.77. The van der Waals surface area contributed by atoms with Crippen LogP contribution in [0.2, 0.25) is 0 Å². The predicted octanol–water partition coefficient (Wildman–Crippen LogP) is 2.58. The molecule has 1 aliphatic heterocycles. The highest BCUT2D eigenvalue weighted by atomic mass is 16.3. The van der Waals surface area contributed by atoms with Crippen molar-refractivity contribution >= 4 is 5.91 Å². The largest absolute Gasteiger partial charge is 0.396 e. The molecule has 104 valence electrons. The Balaban J connectivity index is 1.79. The zero-order chi connectivity index (χ0) is 13.0. The Labute approximate surface area is 111 Å². The normalized spacial score (nSPS) is 24.4. The molecule has 2 fully saturated rings. The molecule has 2 aliphatic rings. The summed E-state index contributed by atoms with van der Waals surface area (Å²) in [6.45, 7) is 4.11. The molecular formula is C15H27NO2. The maximum atomic E-state index is 12.2. The third-order valence-electron chi connectivity index (χ3n) is 5.20. The summed E-state index contributed by atoms with van der Waals surface area (Å²) in [5, 5.41) is 9.49. The fraction of sp³-hybridized carbons (Fsp3) is 0.933. The van der Waals surface area contributed by atoms with Gasteiger partial charge in [-0.3, -0.25) is 4.79 Å². The van der Waals surface area contributed by atoms with Crippen molar-refractivity contribution in [2.24, 2.45) is 11.3 Å². The first-order valence-corrected chi connectivity index (χ1v) is 7.58. The summed E-state index contributed by atoms with van der Waals surface area (Å²) in [6.07, 6.45) is 8.83. The number of nitrogens with zero attached hydrogens (tertiary/aromatic N) is 1. The summed E-state index contributed by atoms with van der Waals surface area (Å²) in [5.74, 6) is 0.998. The van der Waals surface area contributed by atoms with Gasteiger partial charge in [0.2, 0.25) is 5.91 Å². The second kappa shape index (κ2) is 6.05. The van der Waals surface area contributed by atoms with Crippen molar-refractivity contribution in [1.82, 2.24) is 4.90 Å². The molecule has 18 heavy (non-hydrogen) atoms. The minimum absolute atomic E-state index is 0.0874. The second-order valence-corrected chi connectivity index (χ2v) is 6.25. The smallest absolute Gasteiger partial charge is 0.222 e. The summed E-state index contributed by atoms with van der Waals surface area (Å²) < 4.78 is 0. The molecule has 0 aromatic rings. The number of amides is 1. The van der Waals surface area contributed by atoms with E-state index >= 15 is 0 Å². The Morgan fingerprint density at radius 2 is 1.89 bits per heavy atom. The van der Waals surface area contributed by atoms with E-state index in [1.807, 2.05) is 4.90 Å². The van der Waals surface area contributed by atoms with Crippen LogP contribution in [-0.4, -0.2) is 35.6 Å². The minimum atomic E-state index is 0.0874. The molecule has 1 aliphatic carbocycles. The quantitative estimate of drug-likeness (QED) is 0.836. The fourth-order valence-corrected chi connectivity index (χ4v) is 3.44. The molecule has 1 saturated heterocycles. The van der Waals surface area contributed by atoms with Crippen LogP contribution >= 0.6 is 0 Å². The second-order valence-electron chi connectivity index (χ2n) is 6.25. The van der Waals surface area contributed by atoms with Gasteiger partial charge in [-0.1, -0.05) is 19.8 Å². The number of carbonyl (C=O) groups excluding carboxylic acids is 1. The molecule has 0 unspecified atom stereocenters. The number of hydrogen-bond acceptors (Lipinski definition) is 2. The van der Waals surface area contributed by atoms with E-state index in [1.54, 1.807) is 0 Å². The van der Waals surface area contributed by atoms with E-state index < -0.39 is 0 Å². The van der Waals surface area contributed by atoms with Crippen LogP contribution in [0.4, 0.5) is 0 Å². The van der Waals surface area contributed by atoms with Crippen molar-refractivity contribution in [1.29, 1.82) is 0 Å². The van der Waals surface area contributed by atoms with Crippen LogP contribution in [0, 0.1) is 11.3 Å². The van der Waals surface area contributed by atoms with Crippen molar-refractivity contribution in [3.05, 3.63) is 0 Å². The van der Waals surface area contributed by atoms with Crippen LogP contribution in [0.1, 0.15) is 58.3 Å². The molecule has 2 rings (SSSR count). The van der Waals surface area contributed by atoms with Gasteiger partial charge >= 0.3 is 0 Å². The lowest BCUT2D eigenvalue weighted by molar-refractivity contribution is -0.135. The van der Waals surface area contributed by atoms with E-state index in [1.165, 1.54) is 25.7 Å². The Kier molecular flexibility index (Phi) is 4.66. The zero-order valence-corrected chi connectivity index (χ0v) is 11.7. The van der Waals surface area contributed by atoms with Crippen LogP contribution in [0.5, 0.6) is 0 Å². The standard InChI is InChI=1S/C15H27NO2/c1-2-15(12-17)7-9-16(10-8-15)14(18)11-13-5-3-4-6-13/h13,17H,2-12H2,1H3. The van der Waals surface area contributed by atoms with Gasteiger partial charge in [0.15, 0.2) is 0 Å². The average Bonchev–Trinajstić information content (AvgIpc) is 2.91. The summed E-state index contributed by atoms with van der Waals surface area (Å²) in [4.78, 5) is 14.2. The number of aliphatic hydroxyl groups excluding tert-OH is 1. The Morgan fingerprint density at radius 3 is 2.39 bits per heavy atom. The van der Waals surface area contributed by atoms with E-state index in [-0.39, 0.29) is 12.0 Å². The van der Waals surface area contributed by atoms with Crippen LogP contribution in [-0.2, 0) is 4.79 Å². The highest BCUT2D eigenvalue weighted by molar-refractivity contribution is 5.76. The van der Waals surface area contributed by atoms with Gasteiger partial charge < -0.3 is 10.0 Å². The maximum Gasteiger partial charge on any atom is 0.222 e. The molecule has 0 radical (unpaired) electrons. The lowest BCUT2D eigenvalue weighted by Crippen LogP contribution is -2.44. The summed E-state index contributed by atoms with van der Waals surface area (Å²) in [7, 11) is 0. The molecule has 3 nitrogen and oxygen atoms in total. The zero-order valence-electron chi connectivity index (χ0n) is 11.7. The van der Waals surface area contributed by atoms with Crippen LogP contribution in [0.25, 0.3) is 0 Å². The average molecular weight is 253 g/mol. The van der Waals surface area contributed by atoms with E-state index in [0.29, 0.717) is 11.8 Å². The Bertz CT molecular complexity index is 270. The van der Waals surface area contributed by atoms with E-state index in [2.05, 4.69) is 6.92 Å². The van der Waals surface area contributed by atoms with Gasteiger partial charge in [0.25, 0.3) is 0 Å².